The molecule has 0 amide bonds. The monoisotopic (exact) mass is 358 g/mol. The Morgan fingerprint density at radius 1 is 0.962 bits per heavy atom. The third-order valence-corrected chi connectivity index (χ3v) is 4.70. The summed E-state index contributed by atoms with van der Waals surface area (Å²) in [6, 6.07) is 5.68. The molecule has 0 atom stereocenters. The van der Waals surface area contributed by atoms with E-state index in [4.69, 9.17) is 14.2 Å². The van der Waals surface area contributed by atoms with Crippen LogP contribution in [0.25, 0.3) is 0 Å². The van der Waals surface area contributed by atoms with Crippen LogP contribution in [0.4, 0.5) is 17.3 Å². The minimum absolute atomic E-state index is 0.561. The predicted molar refractivity (Wildman–Crippen MR) is 102 cm³/mol. The highest BCUT2D eigenvalue weighted by Crippen LogP contribution is 2.40. The molecule has 7 heteroatoms. The van der Waals surface area contributed by atoms with Crippen molar-refractivity contribution >= 4 is 17.3 Å². The van der Waals surface area contributed by atoms with Gasteiger partial charge in [0.25, 0.3) is 0 Å². The molecule has 0 saturated carbocycles. The second-order valence-corrected chi connectivity index (χ2v) is 6.47. The van der Waals surface area contributed by atoms with E-state index < -0.39 is 0 Å². The SMILES string of the molecule is COc1cc(Nc2cc(N3CCC(C)CC3)ncn2)cc(OC)c1OC. The quantitative estimate of drug-likeness (QED) is 0.848. The Kier molecular flexibility index (Phi) is 5.65. The topological polar surface area (TPSA) is 68.7 Å². The van der Waals surface area contributed by atoms with Crippen molar-refractivity contribution in [3.8, 4) is 17.2 Å². The van der Waals surface area contributed by atoms with Crippen molar-refractivity contribution in [2.75, 3.05) is 44.6 Å². The number of piperidine rings is 1. The molecule has 1 aliphatic rings. The zero-order chi connectivity index (χ0) is 18.5. The van der Waals surface area contributed by atoms with Crippen LogP contribution in [-0.4, -0.2) is 44.4 Å². The molecule has 1 aliphatic heterocycles. The van der Waals surface area contributed by atoms with E-state index in [1.54, 1.807) is 27.7 Å². The van der Waals surface area contributed by atoms with Crippen molar-refractivity contribution in [3.05, 3.63) is 24.5 Å². The summed E-state index contributed by atoms with van der Waals surface area (Å²) >= 11 is 0. The summed E-state index contributed by atoms with van der Waals surface area (Å²) < 4.78 is 16.2. The van der Waals surface area contributed by atoms with Gasteiger partial charge in [-0.05, 0) is 18.8 Å². The van der Waals surface area contributed by atoms with Crippen LogP contribution in [0.1, 0.15) is 19.8 Å². The van der Waals surface area contributed by atoms with E-state index in [0.717, 1.165) is 36.3 Å². The molecular weight excluding hydrogens is 332 g/mol. The predicted octanol–water partition coefficient (Wildman–Crippen LogP) is 3.48. The van der Waals surface area contributed by atoms with Gasteiger partial charge in [0.05, 0.1) is 21.3 Å². The number of rotatable bonds is 6. The first-order valence-electron chi connectivity index (χ1n) is 8.78. The van der Waals surface area contributed by atoms with Gasteiger partial charge in [-0.2, -0.15) is 0 Å². The maximum Gasteiger partial charge on any atom is 0.203 e. The summed E-state index contributed by atoms with van der Waals surface area (Å²) in [5.74, 6) is 4.20. The molecule has 0 aliphatic carbocycles. The van der Waals surface area contributed by atoms with E-state index in [-0.39, 0.29) is 0 Å². The first-order valence-corrected chi connectivity index (χ1v) is 8.78. The van der Waals surface area contributed by atoms with Crippen LogP contribution < -0.4 is 24.4 Å². The molecule has 0 spiro atoms. The Labute approximate surface area is 154 Å². The second-order valence-electron chi connectivity index (χ2n) is 6.47. The summed E-state index contributed by atoms with van der Waals surface area (Å²) in [5.41, 5.74) is 0.802. The molecule has 140 valence electrons. The highest BCUT2D eigenvalue weighted by Gasteiger charge is 2.18. The van der Waals surface area contributed by atoms with E-state index in [0.29, 0.717) is 17.2 Å². The van der Waals surface area contributed by atoms with Crippen LogP contribution in [-0.2, 0) is 0 Å². The van der Waals surface area contributed by atoms with Gasteiger partial charge in [-0.25, -0.2) is 9.97 Å². The number of anilines is 3. The number of hydrogen-bond acceptors (Lipinski definition) is 7. The molecule has 0 bridgehead atoms. The normalized spacial score (nSPS) is 14.8. The second kappa shape index (κ2) is 8.12. The van der Waals surface area contributed by atoms with Crippen molar-refractivity contribution < 1.29 is 14.2 Å². The van der Waals surface area contributed by atoms with E-state index in [1.165, 1.54) is 12.8 Å². The molecule has 1 aromatic carbocycles. The maximum atomic E-state index is 5.40. The Bertz CT molecular complexity index is 720. The number of benzene rings is 1. The average Bonchev–Trinajstić information content (AvgIpc) is 2.68. The summed E-state index contributed by atoms with van der Waals surface area (Å²) in [4.78, 5) is 11.1. The lowest BCUT2D eigenvalue weighted by Gasteiger charge is -2.31. The lowest BCUT2D eigenvalue weighted by molar-refractivity contribution is 0.324. The minimum atomic E-state index is 0.561. The smallest absolute Gasteiger partial charge is 0.203 e. The third-order valence-electron chi connectivity index (χ3n) is 4.70. The van der Waals surface area contributed by atoms with E-state index >= 15 is 0 Å². The Balaban J connectivity index is 1.82. The zero-order valence-corrected chi connectivity index (χ0v) is 15.8. The van der Waals surface area contributed by atoms with Crippen LogP contribution in [0.3, 0.4) is 0 Å². The maximum absolute atomic E-state index is 5.40. The van der Waals surface area contributed by atoms with Gasteiger partial charge in [-0.3, -0.25) is 0 Å². The molecule has 26 heavy (non-hydrogen) atoms. The lowest BCUT2D eigenvalue weighted by Crippen LogP contribution is -2.33. The fourth-order valence-electron chi connectivity index (χ4n) is 3.13. The van der Waals surface area contributed by atoms with Gasteiger partial charge in [0.1, 0.15) is 18.0 Å². The van der Waals surface area contributed by atoms with E-state index in [1.807, 2.05) is 18.2 Å². The summed E-state index contributed by atoms with van der Waals surface area (Å²) in [6.45, 7) is 4.36. The molecule has 2 heterocycles. The fraction of sp³-hybridized carbons (Fsp3) is 0.474. The van der Waals surface area contributed by atoms with E-state index in [2.05, 4.69) is 27.1 Å². The molecule has 1 fully saturated rings. The minimum Gasteiger partial charge on any atom is -0.493 e. The Hall–Kier alpha value is -2.70. The highest BCUT2D eigenvalue weighted by molar-refractivity contribution is 5.67. The Morgan fingerprint density at radius 2 is 1.62 bits per heavy atom. The standard InChI is InChI=1S/C19H26N4O3/c1-13-5-7-23(8-6-13)18-11-17(20-12-21-18)22-14-9-15(24-2)19(26-4)16(10-14)25-3/h9-13H,5-8H2,1-4H3,(H,20,21,22). The molecule has 1 saturated heterocycles. The number of aromatic nitrogens is 2. The van der Waals surface area contributed by atoms with Crippen molar-refractivity contribution in [1.82, 2.24) is 9.97 Å². The summed E-state index contributed by atoms with van der Waals surface area (Å²) in [7, 11) is 4.78. The van der Waals surface area contributed by atoms with Gasteiger partial charge >= 0.3 is 0 Å². The third kappa shape index (κ3) is 3.92. The van der Waals surface area contributed by atoms with Crippen molar-refractivity contribution in [3.63, 3.8) is 0 Å². The van der Waals surface area contributed by atoms with Gasteiger partial charge in [0.2, 0.25) is 5.75 Å². The number of nitrogens with zero attached hydrogens (tertiary/aromatic N) is 3. The van der Waals surface area contributed by atoms with Crippen molar-refractivity contribution in [1.29, 1.82) is 0 Å². The largest absolute Gasteiger partial charge is 0.493 e. The van der Waals surface area contributed by atoms with Gasteiger partial charge < -0.3 is 24.4 Å². The molecular formula is C19H26N4O3. The summed E-state index contributed by atoms with van der Waals surface area (Å²) in [6.07, 6.45) is 3.98. The molecule has 7 nitrogen and oxygen atoms in total. The van der Waals surface area contributed by atoms with E-state index in [9.17, 15) is 0 Å². The first-order chi connectivity index (χ1) is 12.6. The molecule has 2 aromatic rings. The Morgan fingerprint density at radius 3 is 2.19 bits per heavy atom. The van der Waals surface area contributed by atoms with Gasteiger partial charge in [-0.1, -0.05) is 6.92 Å². The lowest BCUT2D eigenvalue weighted by atomic mass is 9.99. The van der Waals surface area contributed by atoms with Crippen LogP contribution in [0.15, 0.2) is 24.5 Å². The highest BCUT2D eigenvalue weighted by atomic mass is 16.5. The van der Waals surface area contributed by atoms with Crippen LogP contribution >= 0.6 is 0 Å². The summed E-state index contributed by atoms with van der Waals surface area (Å²) in [5, 5.41) is 3.30. The molecule has 0 radical (unpaired) electrons. The first kappa shape index (κ1) is 18.1. The molecule has 3 rings (SSSR count). The molecule has 1 N–H and O–H groups in total. The van der Waals surface area contributed by atoms with Crippen LogP contribution in [0.2, 0.25) is 0 Å². The van der Waals surface area contributed by atoms with Crippen LogP contribution in [0, 0.1) is 5.92 Å². The average molecular weight is 358 g/mol. The fourth-order valence-corrected chi connectivity index (χ4v) is 3.13. The number of hydrogen-bond donors (Lipinski definition) is 1. The van der Waals surface area contributed by atoms with Crippen molar-refractivity contribution in [2.24, 2.45) is 5.92 Å². The number of ether oxygens (including phenoxy) is 3. The number of nitrogens with one attached hydrogen (secondary N) is 1. The van der Waals surface area contributed by atoms with Crippen LogP contribution in [0.5, 0.6) is 17.2 Å². The molecule has 1 aromatic heterocycles. The number of methoxy groups -OCH3 is 3. The zero-order valence-electron chi connectivity index (χ0n) is 15.8. The van der Waals surface area contributed by atoms with Gasteiger partial charge in [0, 0.05) is 37.0 Å². The van der Waals surface area contributed by atoms with Gasteiger partial charge in [0.15, 0.2) is 11.5 Å². The molecule has 0 unspecified atom stereocenters. The van der Waals surface area contributed by atoms with Gasteiger partial charge in [-0.15, -0.1) is 0 Å². The van der Waals surface area contributed by atoms with Crippen molar-refractivity contribution in [2.45, 2.75) is 19.8 Å².